The number of amides is 1. The summed E-state index contributed by atoms with van der Waals surface area (Å²) in [5.41, 5.74) is -0.813. The van der Waals surface area contributed by atoms with Crippen molar-refractivity contribution in [1.29, 1.82) is 0 Å². The summed E-state index contributed by atoms with van der Waals surface area (Å²) in [6.45, 7) is 4.75. The Kier molecular flexibility index (Phi) is 2.71. The van der Waals surface area contributed by atoms with Gasteiger partial charge in [0.25, 0.3) is 10.0 Å². The fourth-order valence-electron chi connectivity index (χ4n) is 0.867. The smallest absolute Gasteiger partial charge is 0.421 e. The van der Waals surface area contributed by atoms with Crippen LogP contribution in [0, 0.1) is 0 Å². The number of ether oxygens (including phenoxy) is 1. The first-order chi connectivity index (χ1) is 6.56. The first-order valence-electron chi connectivity index (χ1n) is 4.50. The maximum atomic E-state index is 13.2. The Morgan fingerprint density at radius 2 is 1.87 bits per heavy atom. The highest BCUT2D eigenvalue weighted by Crippen LogP contribution is 2.44. The van der Waals surface area contributed by atoms with E-state index >= 15 is 0 Å². The molecule has 0 aliphatic heterocycles. The molecule has 0 heterocycles. The standard InChI is InChI=1S/C8H14FNO4S/c1-7(2,3)14-6(11)10-15(12,13)8(9)4-5-8/h4-5H2,1-3H3,(H,10,11). The zero-order valence-electron chi connectivity index (χ0n) is 8.83. The van der Waals surface area contributed by atoms with E-state index in [1.165, 1.54) is 0 Å². The minimum Gasteiger partial charge on any atom is -0.443 e. The van der Waals surface area contributed by atoms with Crippen LogP contribution in [-0.4, -0.2) is 25.1 Å². The number of nitrogens with one attached hydrogen (secondary N) is 1. The van der Waals surface area contributed by atoms with E-state index in [1.807, 2.05) is 0 Å². The number of hydrogen-bond acceptors (Lipinski definition) is 4. The van der Waals surface area contributed by atoms with Crippen LogP contribution in [0.3, 0.4) is 0 Å². The van der Waals surface area contributed by atoms with Crippen LogP contribution in [0.1, 0.15) is 33.6 Å². The minimum atomic E-state index is -4.25. The van der Waals surface area contributed by atoms with Crippen LogP contribution in [0.15, 0.2) is 0 Å². The van der Waals surface area contributed by atoms with Crippen molar-refractivity contribution in [3.8, 4) is 0 Å². The summed E-state index contributed by atoms with van der Waals surface area (Å²) in [6, 6.07) is 0. The highest BCUT2D eigenvalue weighted by molar-refractivity contribution is 7.91. The zero-order chi connectivity index (χ0) is 11.9. The number of rotatable bonds is 2. The Balaban J connectivity index is 2.60. The number of sulfonamides is 1. The van der Waals surface area contributed by atoms with Gasteiger partial charge in [-0.2, -0.15) is 0 Å². The number of carbonyl (C=O) groups is 1. The monoisotopic (exact) mass is 239 g/mol. The van der Waals surface area contributed by atoms with Gasteiger partial charge in [0.2, 0.25) is 5.00 Å². The third-order valence-corrected chi connectivity index (χ3v) is 3.55. The van der Waals surface area contributed by atoms with E-state index in [2.05, 4.69) is 0 Å². The Bertz CT molecular complexity index is 367. The zero-order valence-corrected chi connectivity index (χ0v) is 9.65. The highest BCUT2D eigenvalue weighted by Gasteiger charge is 2.56. The van der Waals surface area contributed by atoms with Crippen LogP contribution in [0.4, 0.5) is 9.18 Å². The van der Waals surface area contributed by atoms with Crippen LogP contribution in [0.2, 0.25) is 0 Å². The van der Waals surface area contributed by atoms with E-state index in [9.17, 15) is 17.6 Å². The lowest BCUT2D eigenvalue weighted by molar-refractivity contribution is 0.0568. The molecule has 88 valence electrons. The molecule has 1 aliphatic rings. The van der Waals surface area contributed by atoms with E-state index in [4.69, 9.17) is 4.74 Å². The van der Waals surface area contributed by atoms with Gasteiger partial charge in [-0.3, -0.25) is 0 Å². The molecular formula is C8H14FNO4S. The van der Waals surface area contributed by atoms with Gasteiger partial charge >= 0.3 is 6.09 Å². The van der Waals surface area contributed by atoms with E-state index < -0.39 is 26.7 Å². The molecule has 0 unspecified atom stereocenters. The Labute approximate surface area is 88.0 Å². The van der Waals surface area contributed by atoms with Crippen molar-refractivity contribution in [3.63, 3.8) is 0 Å². The molecule has 1 saturated carbocycles. The molecule has 1 amide bonds. The SMILES string of the molecule is CC(C)(C)OC(=O)NS(=O)(=O)C1(F)CC1. The summed E-state index contributed by atoms with van der Waals surface area (Å²) >= 11 is 0. The number of carbonyl (C=O) groups excluding carboxylic acids is 1. The van der Waals surface area contributed by atoms with Crippen molar-refractivity contribution in [1.82, 2.24) is 4.72 Å². The van der Waals surface area contributed by atoms with Gasteiger partial charge in [-0.15, -0.1) is 0 Å². The maximum Gasteiger partial charge on any atom is 0.421 e. The molecule has 15 heavy (non-hydrogen) atoms. The summed E-state index contributed by atoms with van der Waals surface area (Å²) in [5.74, 6) is 0. The predicted octanol–water partition coefficient (Wildman–Crippen LogP) is 1.30. The van der Waals surface area contributed by atoms with Crippen molar-refractivity contribution >= 4 is 16.1 Å². The second kappa shape index (κ2) is 3.33. The second-order valence-corrected chi connectivity index (χ2v) is 6.43. The molecule has 7 heteroatoms. The Morgan fingerprint density at radius 1 is 1.40 bits per heavy atom. The average molecular weight is 239 g/mol. The van der Waals surface area contributed by atoms with Crippen molar-refractivity contribution in [2.45, 2.75) is 44.2 Å². The first kappa shape index (κ1) is 12.2. The van der Waals surface area contributed by atoms with Gasteiger partial charge in [0.1, 0.15) is 5.60 Å². The van der Waals surface area contributed by atoms with E-state index in [0.717, 1.165) is 0 Å². The molecule has 1 aliphatic carbocycles. The number of halogens is 1. The van der Waals surface area contributed by atoms with Gasteiger partial charge in [-0.05, 0) is 20.8 Å². The maximum absolute atomic E-state index is 13.2. The molecule has 0 aromatic rings. The van der Waals surface area contributed by atoms with Crippen LogP contribution in [0.25, 0.3) is 0 Å². The molecule has 1 fully saturated rings. The third-order valence-electron chi connectivity index (χ3n) is 1.74. The van der Waals surface area contributed by atoms with Crippen molar-refractivity contribution < 1.29 is 22.3 Å². The molecule has 0 spiro atoms. The van der Waals surface area contributed by atoms with Gasteiger partial charge in [0, 0.05) is 12.8 Å². The highest BCUT2D eigenvalue weighted by atomic mass is 32.2. The lowest BCUT2D eigenvalue weighted by atomic mass is 10.2. The van der Waals surface area contributed by atoms with Crippen LogP contribution in [-0.2, 0) is 14.8 Å². The average Bonchev–Trinajstić information content (AvgIpc) is 2.62. The molecule has 1 rings (SSSR count). The van der Waals surface area contributed by atoms with Crippen LogP contribution < -0.4 is 4.72 Å². The molecule has 0 aromatic carbocycles. The normalized spacial score (nSPS) is 19.5. The van der Waals surface area contributed by atoms with Crippen molar-refractivity contribution in [3.05, 3.63) is 0 Å². The minimum absolute atomic E-state index is 0.0782. The van der Waals surface area contributed by atoms with Gasteiger partial charge in [0.15, 0.2) is 0 Å². The largest absolute Gasteiger partial charge is 0.443 e. The molecule has 0 saturated heterocycles. The summed E-state index contributed by atoms with van der Waals surface area (Å²) in [6.07, 6.45) is -1.30. The van der Waals surface area contributed by atoms with E-state index in [-0.39, 0.29) is 12.8 Å². The Hall–Kier alpha value is -0.850. The van der Waals surface area contributed by atoms with Crippen molar-refractivity contribution in [2.24, 2.45) is 0 Å². The summed E-state index contributed by atoms with van der Waals surface area (Å²) < 4.78 is 41.9. The number of hydrogen-bond donors (Lipinski definition) is 1. The third kappa shape index (κ3) is 3.05. The molecule has 5 nitrogen and oxygen atoms in total. The molecule has 0 atom stereocenters. The van der Waals surface area contributed by atoms with Gasteiger partial charge in [-0.25, -0.2) is 22.3 Å². The summed E-state index contributed by atoms with van der Waals surface area (Å²) in [4.78, 5) is 11.1. The quantitative estimate of drug-likeness (QED) is 0.788. The lowest BCUT2D eigenvalue weighted by Gasteiger charge is -2.20. The summed E-state index contributed by atoms with van der Waals surface area (Å²) in [5, 5.41) is -2.29. The predicted molar refractivity (Wildman–Crippen MR) is 51.4 cm³/mol. The first-order valence-corrected chi connectivity index (χ1v) is 5.98. The van der Waals surface area contributed by atoms with Gasteiger partial charge in [-0.1, -0.05) is 0 Å². The van der Waals surface area contributed by atoms with Crippen LogP contribution >= 0.6 is 0 Å². The molecule has 1 N–H and O–H groups in total. The fraction of sp³-hybridized carbons (Fsp3) is 0.875. The molecule has 0 bridgehead atoms. The second-order valence-electron chi connectivity index (χ2n) is 4.49. The van der Waals surface area contributed by atoms with Gasteiger partial charge < -0.3 is 4.74 Å². The molecule has 0 radical (unpaired) electrons. The van der Waals surface area contributed by atoms with E-state index in [0.29, 0.717) is 0 Å². The van der Waals surface area contributed by atoms with Gasteiger partial charge in [0.05, 0.1) is 0 Å². The van der Waals surface area contributed by atoms with Crippen molar-refractivity contribution in [2.75, 3.05) is 0 Å². The fourth-order valence-corrected chi connectivity index (χ4v) is 1.95. The van der Waals surface area contributed by atoms with Crippen LogP contribution in [0.5, 0.6) is 0 Å². The molecular weight excluding hydrogens is 225 g/mol. The lowest BCUT2D eigenvalue weighted by Crippen LogP contribution is -2.40. The summed E-state index contributed by atoms with van der Waals surface area (Å²) in [7, 11) is -4.25. The number of alkyl halides is 1. The Morgan fingerprint density at radius 3 is 2.20 bits per heavy atom. The molecule has 0 aromatic heterocycles. The topological polar surface area (TPSA) is 72.5 Å². The van der Waals surface area contributed by atoms with E-state index in [1.54, 1.807) is 25.5 Å².